The molecule has 73 heavy (non-hydrogen) atoms. The molecular weight excluding hydrogens is 901 g/mol. The number of carbonyl (C=O) groups excluding carboxylic acids is 3. The molecule has 0 radical (unpaired) electrons. The van der Waals surface area contributed by atoms with E-state index in [-0.39, 0.29) is 37.5 Å². The highest BCUT2D eigenvalue weighted by molar-refractivity contribution is 5.71. The Balaban J connectivity index is 4.56. The summed E-state index contributed by atoms with van der Waals surface area (Å²) in [5.41, 5.74) is 0. The lowest BCUT2D eigenvalue weighted by molar-refractivity contribution is -0.167. The third-order valence-electron chi connectivity index (χ3n) is 11.8. The molecule has 0 aromatic heterocycles. The van der Waals surface area contributed by atoms with Crippen molar-refractivity contribution in [2.45, 2.75) is 245 Å². The summed E-state index contributed by atoms with van der Waals surface area (Å²) < 4.78 is 16.8. The van der Waals surface area contributed by atoms with E-state index in [1.54, 1.807) is 0 Å². The summed E-state index contributed by atoms with van der Waals surface area (Å²) in [5, 5.41) is 0. The van der Waals surface area contributed by atoms with E-state index in [0.29, 0.717) is 19.3 Å². The first-order chi connectivity index (χ1) is 36.0. The van der Waals surface area contributed by atoms with Crippen LogP contribution in [0.2, 0.25) is 0 Å². The first-order valence-corrected chi connectivity index (χ1v) is 29.3. The van der Waals surface area contributed by atoms with Gasteiger partial charge in [-0.05, 0) is 141 Å². The van der Waals surface area contributed by atoms with Gasteiger partial charge in [0.2, 0.25) is 0 Å². The summed E-state index contributed by atoms with van der Waals surface area (Å²) in [6.45, 7) is 6.32. The molecule has 0 aliphatic carbocycles. The maximum atomic E-state index is 12.9. The molecule has 1 atom stereocenters. The van der Waals surface area contributed by atoms with Crippen molar-refractivity contribution in [3.8, 4) is 0 Å². The van der Waals surface area contributed by atoms with E-state index in [0.717, 1.165) is 141 Å². The predicted octanol–water partition coefficient (Wildman–Crippen LogP) is 20.0. The van der Waals surface area contributed by atoms with Gasteiger partial charge in [0.15, 0.2) is 6.10 Å². The molecule has 0 aliphatic heterocycles. The molecule has 0 spiro atoms. The minimum Gasteiger partial charge on any atom is -0.462 e. The summed E-state index contributed by atoms with van der Waals surface area (Å²) in [7, 11) is 0. The third-order valence-corrected chi connectivity index (χ3v) is 11.8. The lowest BCUT2D eigenvalue weighted by Crippen LogP contribution is -2.30. The van der Waals surface area contributed by atoms with Gasteiger partial charge in [-0.1, -0.05) is 224 Å². The smallest absolute Gasteiger partial charge is 0.306 e. The van der Waals surface area contributed by atoms with Crippen molar-refractivity contribution in [3.63, 3.8) is 0 Å². The molecule has 0 saturated carbocycles. The third kappa shape index (κ3) is 58.1. The quantitative estimate of drug-likeness (QED) is 0.0261. The Morgan fingerprint density at radius 3 is 0.849 bits per heavy atom. The fourth-order valence-electron chi connectivity index (χ4n) is 7.47. The number of esters is 3. The molecule has 6 heteroatoms. The van der Waals surface area contributed by atoms with Crippen LogP contribution in [0.5, 0.6) is 0 Å². The van der Waals surface area contributed by atoms with Crippen LogP contribution in [-0.2, 0) is 28.6 Å². The summed E-state index contributed by atoms with van der Waals surface area (Å²) in [5.74, 6) is -0.990. The molecule has 0 saturated heterocycles. The highest BCUT2D eigenvalue weighted by Gasteiger charge is 2.19. The van der Waals surface area contributed by atoms with Gasteiger partial charge in [-0.3, -0.25) is 14.4 Å². The zero-order chi connectivity index (χ0) is 52.9. The monoisotopic (exact) mass is 1010 g/mol. The van der Waals surface area contributed by atoms with E-state index in [9.17, 15) is 14.4 Å². The topological polar surface area (TPSA) is 78.9 Å². The number of hydrogen-bond acceptors (Lipinski definition) is 6. The molecule has 0 amide bonds. The molecule has 1 unspecified atom stereocenters. The Bertz CT molecular complexity index is 1630. The Morgan fingerprint density at radius 2 is 0.534 bits per heavy atom. The van der Waals surface area contributed by atoms with Gasteiger partial charge in [-0.2, -0.15) is 0 Å². The largest absolute Gasteiger partial charge is 0.462 e. The highest BCUT2D eigenvalue weighted by atomic mass is 16.6. The van der Waals surface area contributed by atoms with Crippen LogP contribution in [0.25, 0.3) is 0 Å². The van der Waals surface area contributed by atoms with Crippen molar-refractivity contribution in [3.05, 3.63) is 146 Å². The maximum absolute atomic E-state index is 12.9. The minimum atomic E-state index is -0.820. The molecule has 0 aliphatic rings. The number of hydrogen-bond donors (Lipinski definition) is 0. The summed E-state index contributed by atoms with van der Waals surface area (Å²) in [6, 6.07) is 0. The van der Waals surface area contributed by atoms with E-state index in [4.69, 9.17) is 14.2 Å². The van der Waals surface area contributed by atoms with Crippen molar-refractivity contribution >= 4 is 17.9 Å². The highest BCUT2D eigenvalue weighted by Crippen LogP contribution is 2.13. The van der Waals surface area contributed by atoms with Gasteiger partial charge in [-0.15, -0.1) is 0 Å². The van der Waals surface area contributed by atoms with Crippen LogP contribution in [0.15, 0.2) is 146 Å². The van der Waals surface area contributed by atoms with Crippen LogP contribution >= 0.6 is 0 Å². The number of rotatable bonds is 51. The predicted molar refractivity (Wildman–Crippen MR) is 315 cm³/mol. The first kappa shape index (κ1) is 68.3. The molecule has 0 fully saturated rings. The molecule has 6 nitrogen and oxygen atoms in total. The van der Waals surface area contributed by atoms with Gasteiger partial charge in [0.25, 0.3) is 0 Å². The molecule has 0 N–H and O–H groups in total. The van der Waals surface area contributed by atoms with Gasteiger partial charge in [0, 0.05) is 19.3 Å². The number of allylic oxidation sites excluding steroid dienone is 24. The number of ether oxygens (including phenoxy) is 3. The molecule has 0 rings (SSSR count). The zero-order valence-corrected chi connectivity index (χ0v) is 46.8. The Hall–Kier alpha value is -4.71. The Kier molecular flexibility index (Phi) is 56.0. The normalized spacial score (nSPS) is 13.2. The van der Waals surface area contributed by atoms with Crippen LogP contribution in [0.1, 0.15) is 239 Å². The molecule has 0 aromatic carbocycles. The second kappa shape index (κ2) is 59.8. The average molecular weight is 1010 g/mol. The molecule has 0 bridgehead atoms. The number of unbranched alkanes of at least 4 members (excludes halogenated alkanes) is 16. The van der Waals surface area contributed by atoms with E-state index in [1.807, 2.05) is 0 Å². The van der Waals surface area contributed by atoms with Gasteiger partial charge in [-0.25, -0.2) is 0 Å². The fraction of sp³-hybridized carbons (Fsp3) is 0.597. The SMILES string of the molecule is CC/C=C\C/C=C\C/C=C\C/C=C\C/C=C\CCCCCC(=O)OCC(COC(=O)CCCCCCCCC/C=C\C/C=C\CCCCC)OC(=O)CCCCC/C=C\C/C=C\C/C=C\C/C=C\C/C=C\CC. The van der Waals surface area contributed by atoms with E-state index in [2.05, 4.69) is 167 Å². The van der Waals surface area contributed by atoms with Crippen molar-refractivity contribution in [2.24, 2.45) is 0 Å². The fourth-order valence-corrected chi connectivity index (χ4v) is 7.47. The van der Waals surface area contributed by atoms with Crippen LogP contribution in [0.3, 0.4) is 0 Å². The summed E-state index contributed by atoms with van der Waals surface area (Å²) >= 11 is 0. The van der Waals surface area contributed by atoms with Crippen molar-refractivity contribution in [2.75, 3.05) is 13.2 Å². The second-order valence-electron chi connectivity index (χ2n) is 18.8. The van der Waals surface area contributed by atoms with Gasteiger partial charge < -0.3 is 14.2 Å². The Morgan fingerprint density at radius 1 is 0.288 bits per heavy atom. The van der Waals surface area contributed by atoms with E-state index in [1.165, 1.54) is 51.4 Å². The van der Waals surface area contributed by atoms with Gasteiger partial charge in [0.1, 0.15) is 13.2 Å². The van der Waals surface area contributed by atoms with E-state index >= 15 is 0 Å². The summed E-state index contributed by atoms with van der Waals surface area (Å²) in [6.07, 6.45) is 85.4. The zero-order valence-electron chi connectivity index (χ0n) is 46.8. The van der Waals surface area contributed by atoms with Crippen molar-refractivity contribution in [1.82, 2.24) is 0 Å². The van der Waals surface area contributed by atoms with Gasteiger partial charge in [0.05, 0.1) is 0 Å². The molecule has 0 heterocycles. The average Bonchev–Trinajstić information content (AvgIpc) is 3.39. The lowest BCUT2D eigenvalue weighted by atomic mass is 10.1. The standard InChI is InChI=1S/C67H106O6/c1-4-7-10-13-16-19-22-25-28-31-33-36-39-42-45-48-51-54-57-60-66(69)72-63-64(62-71-65(68)59-56-53-50-47-44-41-38-35-30-27-24-21-18-15-12-9-6-3)73-67(70)61-58-55-52-49-46-43-40-37-34-32-29-26-23-20-17-14-11-8-5-2/h7-8,10-11,16-21,25-30,33-34,36-37,42-43,45-46,64H,4-6,9,12-15,22-24,31-32,35,38-41,44,47-63H2,1-3H3/b10-7-,11-8-,19-16-,20-17-,21-18-,28-25-,29-26-,30-27-,36-33-,37-34-,45-42-,46-43-. The maximum Gasteiger partial charge on any atom is 0.306 e. The molecular formula is C67H106O6. The van der Waals surface area contributed by atoms with E-state index < -0.39 is 6.10 Å². The number of carbonyl (C=O) groups is 3. The van der Waals surface area contributed by atoms with Crippen LogP contribution < -0.4 is 0 Å². The van der Waals surface area contributed by atoms with Crippen LogP contribution in [0, 0.1) is 0 Å². The van der Waals surface area contributed by atoms with Crippen molar-refractivity contribution in [1.29, 1.82) is 0 Å². The van der Waals surface area contributed by atoms with Crippen LogP contribution in [-0.4, -0.2) is 37.2 Å². The Labute approximate surface area is 448 Å². The van der Waals surface area contributed by atoms with Crippen LogP contribution in [0.4, 0.5) is 0 Å². The lowest BCUT2D eigenvalue weighted by Gasteiger charge is -2.18. The molecule has 0 aromatic rings. The minimum absolute atomic E-state index is 0.112. The molecule has 410 valence electrons. The summed E-state index contributed by atoms with van der Waals surface area (Å²) in [4.78, 5) is 38.2. The second-order valence-corrected chi connectivity index (χ2v) is 18.8. The first-order valence-electron chi connectivity index (χ1n) is 29.3. The van der Waals surface area contributed by atoms with Gasteiger partial charge >= 0.3 is 17.9 Å². The van der Waals surface area contributed by atoms with Crippen molar-refractivity contribution < 1.29 is 28.6 Å².